The number of hydrogen-bond acceptors (Lipinski definition) is 4. The van der Waals surface area contributed by atoms with Crippen molar-refractivity contribution in [3.05, 3.63) is 56.0 Å². The molecule has 3 rings (SSSR count). The van der Waals surface area contributed by atoms with E-state index in [1.807, 2.05) is 5.38 Å². The lowest BCUT2D eigenvalue weighted by atomic mass is 9.99. The Labute approximate surface area is 163 Å². The van der Waals surface area contributed by atoms with Gasteiger partial charge in [0, 0.05) is 24.0 Å². The zero-order chi connectivity index (χ0) is 19.6. The summed E-state index contributed by atoms with van der Waals surface area (Å²) in [6.45, 7) is 11.4. The van der Waals surface area contributed by atoms with E-state index >= 15 is 0 Å². The molecule has 144 valence electrons. The minimum Gasteiger partial charge on any atom is -0.302 e. The van der Waals surface area contributed by atoms with Crippen molar-refractivity contribution in [2.75, 3.05) is 19.6 Å². The van der Waals surface area contributed by atoms with Crippen molar-refractivity contribution >= 4 is 21.6 Å². The van der Waals surface area contributed by atoms with E-state index in [2.05, 4.69) is 61.8 Å². The number of hydrogen-bond donors (Lipinski definition) is 1. The first kappa shape index (κ1) is 19.6. The number of aromatic amines is 1. The van der Waals surface area contributed by atoms with Crippen LogP contribution in [0.2, 0.25) is 0 Å². The highest BCUT2D eigenvalue weighted by molar-refractivity contribution is 7.17. The third-order valence-corrected chi connectivity index (χ3v) is 6.03. The van der Waals surface area contributed by atoms with Crippen LogP contribution < -0.4 is 11.2 Å². The van der Waals surface area contributed by atoms with Crippen molar-refractivity contribution in [2.24, 2.45) is 0 Å². The summed E-state index contributed by atoms with van der Waals surface area (Å²) >= 11 is 1.41. The van der Waals surface area contributed by atoms with Gasteiger partial charge in [-0.25, -0.2) is 4.79 Å². The van der Waals surface area contributed by atoms with Gasteiger partial charge in [-0.05, 0) is 30.1 Å². The van der Waals surface area contributed by atoms with Crippen molar-refractivity contribution in [3.63, 3.8) is 0 Å². The van der Waals surface area contributed by atoms with E-state index in [0.29, 0.717) is 29.2 Å². The number of nitrogens with one attached hydrogen (secondary N) is 1. The topological polar surface area (TPSA) is 58.1 Å². The van der Waals surface area contributed by atoms with Crippen LogP contribution in [0.1, 0.15) is 39.2 Å². The Balaban J connectivity index is 2.05. The summed E-state index contributed by atoms with van der Waals surface area (Å²) in [5, 5.41) is 2.57. The van der Waals surface area contributed by atoms with Gasteiger partial charge in [-0.2, -0.15) is 0 Å². The summed E-state index contributed by atoms with van der Waals surface area (Å²) in [6, 6.07) is 8.32. The van der Waals surface area contributed by atoms with E-state index < -0.39 is 0 Å². The van der Waals surface area contributed by atoms with E-state index in [1.54, 1.807) is 0 Å². The average molecular weight is 386 g/mol. The minimum absolute atomic E-state index is 0.204. The van der Waals surface area contributed by atoms with E-state index in [4.69, 9.17) is 0 Å². The lowest BCUT2D eigenvalue weighted by Gasteiger charge is -2.18. The molecule has 0 aliphatic carbocycles. The molecule has 5 nitrogen and oxygen atoms in total. The summed E-state index contributed by atoms with van der Waals surface area (Å²) in [5.41, 5.74) is 2.63. The van der Waals surface area contributed by atoms with Crippen LogP contribution in [0.3, 0.4) is 0 Å². The molecule has 2 aromatic heterocycles. The highest BCUT2D eigenvalue weighted by Crippen LogP contribution is 2.31. The van der Waals surface area contributed by atoms with Crippen molar-refractivity contribution in [3.8, 4) is 11.1 Å². The Morgan fingerprint density at radius 1 is 1.11 bits per heavy atom. The van der Waals surface area contributed by atoms with Gasteiger partial charge >= 0.3 is 5.69 Å². The molecule has 2 heterocycles. The third kappa shape index (κ3) is 3.92. The van der Waals surface area contributed by atoms with E-state index in [-0.39, 0.29) is 11.2 Å². The van der Waals surface area contributed by atoms with Crippen LogP contribution in [0.15, 0.2) is 39.2 Å². The normalized spacial score (nSPS) is 11.8. The second-order valence-electron chi connectivity index (χ2n) is 7.04. The fraction of sp³-hybridized carbons (Fsp3) is 0.429. The predicted molar refractivity (Wildman–Crippen MR) is 114 cm³/mol. The maximum atomic E-state index is 13.1. The number of benzene rings is 1. The van der Waals surface area contributed by atoms with Crippen LogP contribution in [0.25, 0.3) is 21.3 Å². The molecule has 6 heteroatoms. The molecule has 0 radical (unpaired) electrons. The Hall–Kier alpha value is -2.18. The number of rotatable bonds is 7. The summed E-state index contributed by atoms with van der Waals surface area (Å²) in [5.74, 6) is 0.465. The molecule has 27 heavy (non-hydrogen) atoms. The molecule has 0 atom stereocenters. The van der Waals surface area contributed by atoms with Crippen LogP contribution in [-0.4, -0.2) is 34.1 Å². The first-order valence-corrected chi connectivity index (χ1v) is 10.4. The van der Waals surface area contributed by atoms with Crippen LogP contribution in [0.5, 0.6) is 0 Å². The molecule has 0 spiro atoms. The lowest BCUT2D eigenvalue weighted by molar-refractivity contribution is 0.287. The summed E-state index contributed by atoms with van der Waals surface area (Å²) in [4.78, 5) is 31.2. The first-order chi connectivity index (χ1) is 13.0. The van der Waals surface area contributed by atoms with Crippen molar-refractivity contribution in [2.45, 2.75) is 40.2 Å². The first-order valence-electron chi connectivity index (χ1n) is 9.53. The fourth-order valence-corrected chi connectivity index (χ4v) is 4.25. The number of H-pyrrole nitrogens is 1. The molecule has 3 aromatic rings. The number of aromatic nitrogens is 2. The van der Waals surface area contributed by atoms with Gasteiger partial charge in [-0.1, -0.05) is 52.0 Å². The zero-order valence-corrected chi connectivity index (χ0v) is 17.2. The monoisotopic (exact) mass is 385 g/mol. The van der Waals surface area contributed by atoms with Gasteiger partial charge in [-0.3, -0.25) is 14.3 Å². The number of likely N-dealkylation sites (N-methyl/N-ethyl adjacent to an activating group) is 1. The second kappa shape index (κ2) is 8.23. The second-order valence-corrected chi connectivity index (χ2v) is 7.92. The van der Waals surface area contributed by atoms with Crippen molar-refractivity contribution in [1.29, 1.82) is 0 Å². The number of fused-ring (bicyclic) bond motifs is 1. The minimum atomic E-state index is -0.330. The van der Waals surface area contributed by atoms with Gasteiger partial charge in [0.2, 0.25) is 0 Å². The van der Waals surface area contributed by atoms with E-state index in [0.717, 1.165) is 24.2 Å². The maximum Gasteiger partial charge on any atom is 0.329 e. The molecule has 0 unspecified atom stereocenters. The van der Waals surface area contributed by atoms with Crippen LogP contribution >= 0.6 is 11.3 Å². The summed E-state index contributed by atoms with van der Waals surface area (Å²) in [6.07, 6.45) is 0. The van der Waals surface area contributed by atoms with Crippen LogP contribution in [0.4, 0.5) is 0 Å². The molecule has 0 saturated carbocycles. The largest absolute Gasteiger partial charge is 0.329 e. The highest BCUT2D eigenvalue weighted by atomic mass is 32.1. The Kier molecular flexibility index (Phi) is 5.97. The van der Waals surface area contributed by atoms with E-state index in [9.17, 15) is 9.59 Å². The molecule has 0 fully saturated rings. The van der Waals surface area contributed by atoms with E-state index in [1.165, 1.54) is 21.5 Å². The summed E-state index contributed by atoms with van der Waals surface area (Å²) < 4.78 is 1.33. The Morgan fingerprint density at radius 2 is 1.78 bits per heavy atom. The average Bonchev–Trinajstić information content (AvgIpc) is 3.08. The van der Waals surface area contributed by atoms with Gasteiger partial charge in [-0.15, -0.1) is 11.3 Å². The number of thiophene rings is 1. The van der Waals surface area contributed by atoms with Gasteiger partial charge in [0.05, 0.1) is 5.39 Å². The fourth-order valence-electron chi connectivity index (χ4n) is 3.30. The van der Waals surface area contributed by atoms with Crippen molar-refractivity contribution < 1.29 is 0 Å². The van der Waals surface area contributed by atoms with Gasteiger partial charge in [0.15, 0.2) is 0 Å². The van der Waals surface area contributed by atoms with Gasteiger partial charge in [0.1, 0.15) is 4.83 Å². The molecule has 0 amide bonds. The van der Waals surface area contributed by atoms with Crippen molar-refractivity contribution in [1.82, 2.24) is 14.5 Å². The highest BCUT2D eigenvalue weighted by Gasteiger charge is 2.15. The smallest absolute Gasteiger partial charge is 0.302 e. The quantitative estimate of drug-likeness (QED) is 0.671. The molecule has 1 N–H and O–H groups in total. The van der Waals surface area contributed by atoms with Gasteiger partial charge < -0.3 is 4.90 Å². The standard InChI is InChI=1S/C21H27N3O2S/c1-5-23(6-2)11-12-24-20(25)18-17(13-27-19(18)22-21(24)26)16-9-7-15(8-10-16)14(3)4/h7-10,13-14H,5-6,11-12H2,1-4H3,(H,22,26). The zero-order valence-electron chi connectivity index (χ0n) is 16.4. The molecular weight excluding hydrogens is 358 g/mol. The van der Waals surface area contributed by atoms with Gasteiger partial charge in [0.25, 0.3) is 5.56 Å². The Morgan fingerprint density at radius 3 is 2.37 bits per heavy atom. The molecule has 1 aromatic carbocycles. The number of nitrogens with zero attached hydrogens (tertiary/aromatic N) is 2. The lowest BCUT2D eigenvalue weighted by Crippen LogP contribution is -2.39. The SMILES string of the molecule is CCN(CC)CCn1c(=O)[nH]c2scc(-c3ccc(C(C)C)cc3)c2c1=O. The van der Waals surface area contributed by atoms with Crippen LogP contribution in [0, 0.1) is 0 Å². The van der Waals surface area contributed by atoms with Crippen LogP contribution in [-0.2, 0) is 6.54 Å². The molecule has 0 aliphatic heterocycles. The third-order valence-electron chi connectivity index (χ3n) is 5.14. The maximum absolute atomic E-state index is 13.1. The Bertz CT molecular complexity index is 1020. The molecule has 0 saturated heterocycles. The summed E-state index contributed by atoms with van der Waals surface area (Å²) in [7, 11) is 0. The predicted octanol–water partition coefficient (Wildman–Crippen LogP) is 3.88. The molecular formula is C21H27N3O2S. The molecule has 0 bridgehead atoms. The molecule has 0 aliphatic rings.